The quantitative estimate of drug-likeness (QED) is 0.645. The van der Waals surface area contributed by atoms with Crippen LogP contribution >= 0.6 is 23.2 Å². The van der Waals surface area contributed by atoms with E-state index in [1.165, 1.54) is 0 Å². The van der Waals surface area contributed by atoms with Gasteiger partial charge >= 0.3 is 0 Å². The van der Waals surface area contributed by atoms with Crippen molar-refractivity contribution in [3.63, 3.8) is 0 Å². The summed E-state index contributed by atoms with van der Waals surface area (Å²) in [4.78, 5) is 27.8. The van der Waals surface area contributed by atoms with E-state index in [1.54, 1.807) is 29.2 Å². The molecule has 0 bridgehead atoms. The molecule has 6 heteroatoms. The minimum absolute atomic E-state index is 0.113. The van der Waals surface area contributed by atoms with E-state index in [9.17, 15) is 9.59 Å². The first-order valence-electron chi connectivity index (χ1n) is 9.69. The molecule has 2 amide bonds. The number of carbonyl (C=O) groups excluding carboxylic acids is 2. The molecule has 0 unspecified atom stereocenters. The maximum atomic E-state index is 13.2. The molecular weight excluding hydrogens is 407 g/mol. The minimum Gasteiger partial charge on any atom is -0.350 e. The van der Waals surface area contributed by atoms with Crippen LogP contribution < -0.4 is 5.32 Å². The Morgan fingerprint density at radius 3 is 1.86 bits per heavy atom. The van der Waals surface area contributed by atoms with Crippen LogP contribution in [0.4, 0.5) is 0 Å². The van der Waals surface area contributed by atoms with Gasteiger partial charge in [-0.1, -0.05) is 54.4 Å². The zero-order chi connectivity index (χ0) is 21.6. The summed E-state index contributed by atoms with van der Waals surface area (Å²) in [5.74, 6) is -0.267. The number of hydrogen-bond donors (Lipinski definition) is 1. The molecule has 29 heavy (non-hydrogen) atoms. The lowest BCUT2D eigenvalue weighted by atomic mass is 10.0. The van der Waals surface area contributed by atoms with Crippen molar-refractivity contribution in [3.8, 4) is 0 Å². The summed E-state index contributed by atoms with van der Waals surface area (Å²) in [6, 6.07) is 13.9. The highest BCUT2D eigenvalue weighted by molar-refractivity contribution is 6.30. The lowest BCUT2D eigenvalue weighted by Crippen LogP contribution is -2.53. The number of rotatable bonds is 7. The maximum absolute atomic E-state index is 13.2. The Bertz CT molecular complexity index is 827. The highest BCUT2D eigenvalue weighted by Gasteiger charge is 2.30. The standard InChI is InChI=1S/C23H28Cl2N2O2/c1-5-20(22(29)26-23(2,3)4)27(15-17-8-12-19(25)13-9-17)21(28)14-16-6-10-18(24)11-7-16/h6-13,20H,5,14-15H2,1-4H3,(H,26,29)/t20-/m1/s1. The third-order valence-corrected chi connectivity index (χ3v) is 4.92. The molecule has 0 aliphatic heterocycles. The molecule has 2 aromatic rings. The van der Waals surface area contributed by atoms with Gasteiger partial charge in [-0.2, -0.15) is 0 Å². The van der Waals surface area contributed by atoms with E-state index in [4.69, 9.17) is 23.2 Å². The van der Waals surface area contributed by atoms with Crippen molar-refractivity contribution < 1.29 is 9.59 Å². The number of benzene rings is 2. The van der Waals surface area contributed by atoms with Gasteiger partial charge < -0.3 is 10.2 Å². The Morgan fingerprint density at radius 1 is 0.931 bits per heavy atom. The van der Waals surface area contributed by atoms with Gasteiger partial charge in [0.1, 0.15) is 6.04 Å². The van der Waals surface area contributed by atoms with Crippen LogP contribution in [0.3, 0.4) is 0 Å². The smallest absolute Gasteiger partial charge is 0.243 e. The molecule has 0 aromatic heterocycles. The fraction of sp³-hybridized carbons (Fsp3) is 0.391. The molecule has 1 atom stereocenters. The third-order valence-electron chi connectivity index (χ3n) is 4.42. The largest absolute Gasteiger partial charge is 0.350 e. The molecule has 0 saturated heterocycles. The molecule has 0 aliphatic carbocycles. The van der Waals surface area contributed by atoms with Crippen molar-refractivity contribution in [2.24, 2.45) is 0 Å². The van der Waals surface area contributed by atoms with Gasteiger partial charge in [0.2, 0.25) is 11.8 Å². The number of nitrogens with zero attached hydrogens (tertiary/aromatic N) is 1. The van der Waals surface area contributed by atoms with Gasteiger partial charge in [-0.25, -0.2) is 0 Å². The molecule has 1 N–H and O–H groups in total. The van der Waals surface area contributed by atoms with Gasteiger partial charge in [0.05, 0.1) is 6.42 Å². The molecule has 2 aromatic carbocycles. The predicted molar refractivity (Wildman–Crippen MR) is 119 cm³/mol. The van der Waals surface area contributed by atoms with Gasteiger partial charge in [-0.15, -0.1) is 0 Å². The maximum Gasteiger partial charge on any atom is 0.243 e. The van der Waals surface area contributed by atoms with Gasteiger partial charge in [-0.3, -0.25) is 9.59 Å². The van der Waals surface area contributed by atoms with Crippen LogP contribution in [0.5, 0.6) is 0 Å². The van der Waals surface area contributed by atoms with Crippen LogP contribution in [-0.2, 0) is 22.6 Å². The Kier molecular flexibility index (Phi) is 8.12. The number of nitrogens with one attached hydrogen (secondary N) is 1. The zero-order valence-electron chi connectivity index (χ0n) is 17.3. The topological polar surface area (TPSA) is 49.4 Å². The van der Waals surface area contributed by atoms with Crippen molar-refractivity contribution in [3.05, 3.63) is 69.7 Å². The average Bonchev–Trinajstić information content (AvgIpc) is 2.63. The van der Waals surface area contributed by atoms with E-state index < -0.39 is 6.04 Å². The monoisotopic (exact) mass is 434 g/mol. The van der Waals surface area contributed by atoms with Crippen molar-refractivity contribution in [1.82, 2.24) is 10.2 Å². The van der Waals surface area contributed by atoms with Crippen molar-refractivity contribution in [2.45, 2.75) is 58.7 Å². The van der Waals surface area contributed by atoms with Crippen LogP contribution in [0.2, 0.25) is 10.0 Å². The molecule has 4 nitrogen and oxygen atoms in total. The van der Waals surface area contributed by atoms with E-state index >= 15 is 0 Å². The number of amides is 2. The second-order valence-corrected chi connectivity index (χ2v) is 8.99. The highest BCUT2D eigenvalue weighted by Crippen LogP contribution is 2.18. The van der Waals surface area contributed by atoms with E-state index in [-0.39, 0.29) is 23.8 Å². The number of carbonyl (C=O) groups is 2. The van der Waals surface area contributed by atoms with Crippen LogP contribution in [0.25, 0.3) is 0 Å². The average molecular weight is 435 g/mol. The minimum atomic E-state index is -0.565. The molecule has 156 valence electrons. The fourth-order valence-electron chi connectivity index (χ4n) is 3.04. The number of halogens is 2. The summed E-state index contributed by atoms with van der Waals surface area (Å²) >= 11 is 11.9. The van der Waals surface area contributed by atoms with Gasteiger partial charge in [0.15, 0.2) is 0 Å². The molecule has 0 fully saturated rings. The second-order valence-electron chi connectivity index (χ2n) is 8.11. The van der Waals surface area contributed by atoms with Crippen LogP contribution in [0.15, 0.2) is 48.5 Å². The van der Waals surface area contributed by atoms with Crippen LogP contribution in [0.1, 0.15) is 45.2 Å². The summed E-state index contributed by atoms with van der Waals surface area (Å²) in [6.45, 7) is 8.03. The Balaban J connectivity index is 2.29. The summed E-state index contributed by atoms with van der Waals surface area (Å²) in [5.41, 5.74) is 1.39. The van der Waals surface area contributed by atoms with Crippen molar-refractivity contribution >= 4 is 35.0 Å². The summed E-state index contributed by atoms with van der Waals surface area (Å²) in [5, 5.41) is 4.25. The van der Waals surface area contributed by atoms with Gasteiger partial charge in [-0.05, 0) is 62.6 Å². The van der Waals surface area contributed by atoms with E-state index in [0.717, 1.165) is 11.1 Å². The third kappa shape index (κ3) is 7.37. The van der Waals surface area contributed by atoms with Crippen molar-refractivity contribution in [2.75, 3.05) is 0 Å². The summed E-state index contributed by atoms with van der Waals surface area (Å²) in [7, 11) is 0. The van der Waals surface area contributed by atoms with Crippen LogP contribution in [0, 0.1) is 0 Å². The highest BCUT2D eigenvalue weighted by atomic mass is 35.5. The number of hydrogen-bond acceptors (Lipinski definition) is 2. The molecule has 0 spiro atoms. The predicted octanol–water partition coefficient (Wildman–Crippen LogP) is 5.26. The Hall–Kier alpha value is -2.04. The zero-order valence-corrected chi connectivity index (χ0v) is 18.8. The summed E-state index contributed by atoms with van der Waals surface area (Å²) < 4.78 is 0. The first-order valence-corrected chi connectivity index (χ1v) is 10.4. The van der Waals surface area contributed by atoms with E-state index in [2.05, 4.69) is 5.32 Å². The molecule has 0 saturated carbocycles. The first-order chi connectivity index (χ1) is 13.6. The Labute approximate surface area is 183 Å². The lowest BCUT2D eigenvalue weighted by molar-refractivity contribution is -0.141. The van der Waals surface area contributed by atoms with Crippen molar-refractivity contribution in [1.29, 1.82) is 0 Å². The SMILES string of the molecule is CC[C@H](C(=O)NC(C)(C)C)N(Cc1ccc(Cl)cc1)C(=O)Cc1ccc(Cl)cc1. The lowest BCUT2D eigenvalue weighted by Gasteiger charge is -2.33. The molecular formula is C23H28Cl2N2O2. The van der Waals surface area contributed by atoms with Crippen LogP contribution in [-0.4, -0.2) is 28.3 Å². The normalized spacial score (nSPS) is 12.3. The second kappa shape index (κ2) is 10.1. The van der Waals surface area contributed by atoms with Gasteiger partial charge in [0, 0.05) is 22.1 Å². The van der Waals surface area contributed by atoms with E-state index in [0.29, 0.717) is 23.0 Å². The first kappa shape index (κ1) is 23.2. The molecule has 0 heterocycles. The van der Waals surface area contributed by atoms with E-state index in [1.807, 2.05) is 52.0 Å². The fourth-order valence-corrected chi connectivity index (χ4v) is 3.29. The Morgan fingerprint density at radius 2 is 1.41 bits per heavy atom. The molecule has 0 radical (unpaired) electrons. The van der Waals surface area contributed by atoms with Gasteiger partial charge in [0.25, 0.3) is 0 Å². The molecule has 0 aliphatic rings. The summed E-state index contributed by atoms with van der Waals surface area (Å²) in [6.07, 6.45) is 0.714. The molecule has 2 rings (SSSR count).